The van der Waals surface area contributed by atoms with Crippen LogP contribution in [-0.4, -0.2) is 28.6 Å². The molecule has 0 saturated carbocycles. The van der Waals surface area contributed by atoms with Gasteiger partial charge in [-0.05, 0) is 6.42 Å². The van der Waals surface area contributed by atoms with Crippen molar-refractivity contribution in [1.29, 1.82) is 0 Å². The summed E-state index contributed by atoms with van der Waals surface area (Å²) in [6.07, 6.45) is 2.32. The molecule has 0 aromatic rings. The summed E-state index contributed by atoms with van der Waals surface area (Å²) in [5.41, 5.74) is 2.40. The smallest absolute Gasteiger partial charge is 0.265 e. The molecule has 1 rings (SSSR count). The third-order valence-corrected chi connectivity index (χ3v) is 2.58. The van der Waals surface area contributed by atoms with Gasteiger partial charge in [0.1, 0.15) is 0 Å². The van der Waals surface area contributed by atoms with Crippen LogP contribution >= 0.6 is 11.8 Å². The van der Waals surface area contributed by atoms with E-state index in [0.717, 1.165) is 18.4 Å². The van der Waals surface area contributed by atoms with Crippen molar-refractivity contribution in [2.24, 2.45) is 0 Å². The molecule has 1 fully saturated rings. The van der Waals surface area contributed by atoms with E-state index in [1.807, 2.05) is 0 Å². The van der Waals surface area contributed by atoms with E-state index in [2.05, 4.69) is 5.43 Å². The number of nitrogens with zero attached hydrogens (tertiary/aromatic N) is 2. The highest BCUT2D eigenvalue weighted by Crippen LogP contribution is 2.24. The fourth-order valence-corrected chi connectivity index (χ4v) is 1.92. The zero-order valence-corrected chi connectivity index (χ0v) is 7.62. The molecule has 13 heavy (non-hydrogen) atoms. The monoisotopic (exact) mass is 203 g/mol. The van der Waals surface area contributed by atoms with Crippen LogP contribution in [0, 0.1) is 10.1 Å². The van der Waals surface area contributed by atoms with Crippen LogP contribution in [0.1, 0.15) is 6.42 Å². The first-order chi connectivity index (χ1) is 6.24. The SMILES string of the molecule is O=CNN1CCCSC1=C[N+](=O)[O-]. The van der Waals surface area contributed by atoms with Crippen molar-refractivity contribution in [3.05, 3.63) is 21.3 Å². The molecule has 1 amide bonds. The second kappa shape index (κ2) is 4.70. The molecular weight excluding hydrogens is 194 g/mol. The Bertz CT molecular complexity index is 243. The number of nitro groups is 1. The predicted octanol–water partition coefficient (Wildman–Crippen LogP) is 0.162. The van der Waals surface area contributed by atoms with E-state index in [9.17, 15) is 14.9 Å². The van der Waals surface area contributed by atoms with Crippen LogP contribution < -0.4 is 5.43 Å². The van der Waals surface area contributed by atoms with Crippen LogP contribution in [0.15, 0.2) is 11.2 Å². The van der Waals surface area contributed by atoms with Gasteiger partial charge >= 0.3 is 0 Å². The molecule has 7 heteroatoms. The third-order valence-electron chi connectivity index (χ3n) is 1.47. The Balaban J connectivity index is 2.66. The molecule has 0 atom stereocenters. The zero-order valence-electron chi connectivity index (χ0n) is 6.80. The molecule has 0 bridgehead atoms. The Hall–Kier alpha value is -1.24. The van der Waals surface area contributed by atoms with Crippen LogP contribution in [0.3, 0.4) is 0 Å². The van der Waals surface area contributed by atoms with Crippen molar-refractivity contribution in [3.63, 3.8) is 0 Å². The van der Waals surface area contributed by atoms with E-state index in [1.165, 1.54) is 16.8 Å². The average Bonchev–Trinajstić information content (AvgIpc) is 2.08. The van der Waals surface area contributed by atoms with E-state index >= 15 is 0 Å². The lowest BCUT2D eigenvalue weighted by molar-refractivity contribution is -0.403. The molecule has 0 aromatic carbocycles. The minimum atomic E-state index is -0.521. The maximum absolute atomic E-state index is 10.2. The standard InChI is InChI=1S/C6H9N3O3S/c10-5-7-8-2-1-3-13-6(8)4-9(11)12/h4-5H,1-3H2,(H,7,10). The first-order valence-corrected chi connectivity index (χ1v) is 4.68. The average molecular weight is 203 g/mol. The molecule has 1 N–H and O–H groups in total. The van der Waals surface area contributed by atoms with Crippen molar-refractivity contribution in [3.8, 4) is 0 Å². The van der Waals surface area contributed by atoms with E-state index in [4.69, 9.17) is 0 Å². The van der Waals surface area contributed by atoms with Crippen LogP contribution in [0.4, 0.5) is 0 Å². The Morgan fingerprint density at radius 3 is 3.08 bits per heavy atom. The molecule has 0 aromatic heterocycles. The number of hydrazine groups is 1. The normalized spacial score (nSPS) is 20.0. The van der Waals surface area contributed by atoms with Crippen molar-refractivity contribution < 1.29 is 9.72 Å². The van der Waals surface area contributed by atoms with Gasteiger partial charge in [-0.2, -0.15) is 0 Å². The van der Waals surface area contributed by atoms with Gasteiger partial charge in [0.25, 0.3) is 6.20 Å². The largest absolute Gasteiger partial charge is 0.277 e. The second-order valence-electron chi connectivity index (χ2n) is 2.35. The van der Waals surface area contributed by atoms with Gasteiger partial charge < -0.3 is 0 Å². The summed E-state index contributed by atoms with van der Waals surface area (Å²) in [5, 5.41) is 12.1. The Labute approximate surface area is 79.1 Å². The molecule has 1 aliphatic heterocycles. The summed E-state index contributed by atoms with van der Waals surface area (Å²) < 4.78 is 0. The number of thioether (sulfide) groups is 1. The van der Waals surface area contributed by atoms with E-state index < -0.39 is 4.92 Å². The summed E-state index contributed by atoms with van der Waals surface area (Å²) in [4.78, 5) is 19.8. The number of rotatable bonds is 3. The summed E-state index contributed by atoms with van der Waals surface area (Å²) in [7, 11) is 0. The van der Waals surface area contributed by atoms with Gasteiger partial charge in [-0.25, -0.2) is 0 Å². The number of carbonyl (C=O) groups excluding carboxylic acids is 1. The number of hydrogen-bond donors (Lipinski definition) is 1. The van der Waals surface area contributed by atoms with Crippen LogP contribution in [0.2, 0.25) is 0 Å². The summed E-state index contributed by atoms with van der Waals surface area (Å²) >= 11 is 1.36. The third kappa shape index (κ3) is 2.94. The highest BCUT2D eigenvalue weighted by molar-refractivity contribution is 8.03. The van der Waals surface area contributed by atoms with Crippen molar-refractivity contribution in [2.45, 2.75) is 6.42 Å². The van der Waals surface area contributed by atoms with Crippen molar-refractivity contribution in [1.82, 2.24) is 10.4 Å². The maximum Gasteiger partial charge on any atom is 0.265 e. The van der Waals surface area contributed by atoms with Gasteiger partial charge in [-0.3, -0.25) is 25.3 Å². The summed E-state index contributed by atoms with van der Waals surface area (Å²) in [6.45, 7) is 0.616. The lowest BCUT2D eigenvalue weighted by Crippen LogP contribution is -2.38. The van der Waals surface area contributed by atoms with Gasteiger partial charge in [0.15, 0.2) is 5.03 Å². The zero-order chi connectivity index (χ0) is 9.68. The number of carbonyl (C=O) groups is 1. The topological polar surface area (TPSA) is 75.5 Å². The van der Waals surface area contributed by atoms with Gasteiger partial charge in [0.05, 0.1) is 4.92 Å². The fourth-order valence-electron chi connectivity index (χ4n) is 0.976. The highest BCUT2D eigenvalue weighted by atomic mass is 32.2. The maximum atomic E-state index is 10.2. The molecule has 0 spiro atoms. The quantitative estimate of drug-likeness (QED) is 0.402. The number of hydrogen-bond acceptors (Lipinski definition) is 5. The van der Waals surface area contributed by atoms with Gasteiger partial charge in [-0.1, -0.05) is 0 Å². The Morgan fingerprint density at radius 2 is 2.46 bits per heavy atom. The lowest BCUT2D eigenvalue weighted by atomic mass is 10.4. The molecule has 0 radical (unpaired) electrons. The van der Waals surface area contributed by atoms with Crippen LogP contribution in [0.5, 0.6) is 0 Å². The van der Waals surface area contributed by atoms with E-state index in [1.54, 1.807) is 0 Å². The Kier molecular flexibility index (Phi) is 3.56. The molecule has 0 unspecified atom stereocenters. The summed E-state index contributed by atoms with van der Waals surface area (Å²) in [6, 6.07) is 0. The highest BCUT2D eigenvalue weighted by Gasteiger charge is 2.17. The molecule has 1 heterocycles. The van der Waals surface area contributed by atoms with Gasteiger partial charge in [0.2, 0.25) is 6.41 Å². The van der Waals surface area contributed by atoms with Gasteiger partial charge in [0, 0.05) is 12.3 Å². The number of amides is 1. The van der Waals surface area contributed by atoms with Crippen LogP contribution in [-0.2, 0) is 4.79 Å². The fraction of sp³-hybridized carbons (Fsp3) is 0.500. The summed E-state index contributed by atoms with van der Waals surface area (Å²) in [5.74, 6) is 0.844. The van der Waals surface area contributed by atoms with Crippen molar-refractivity contribution in [2.75, 3.05) is 12.3 Å². The molecule has 72 valence electrons. The number of nitrogens with one attached hydrogen (secondary N) is 1. The first-order valence-electron chi connectivity index (χ1n) is 3.69. The Morgan fingerprint density at radius 1 is 1.69 bits per heavy atom. The van der Waals surface area contributed by atoms with E-state index in [0.29, 0.717) is 18.0 Å². The lowest BCUT2D eigenvalue weighted by Gasteiger charge is -2.27. The molecule has 6 nitrogen and oxygen atoms in total. The van der Waals surface area contributed by atoms with Gasteiger partial charge in [-0.15, -0.1) is 11.8 Å². The van der Waals surface area contributed by atoms with Crippen molar-refractivity contribution >= 4 is 18.2 Å². The molecule has 1 aliphatic rings. The molecular formula is C6H9N3O3S. The molecule has 1 saturated heterocycles. The molecule has 0 aliphatic carbocycles. The minimum absolute atomic E-state index is 0.475. The van der Waals surface area contributed by atoms with E-state index in [-0.39, 0.29) is 0 Å². The predicted molar refractivity (Wildman–Crippen MR) is 48.1 cm³/mol. The van der Waals surface area contributed by atoms with Crippen LogP contribution in [0.25, 0.3) is 0 Å². The second-order valence-corrected chi connectivity index (χ2v) is 3.47. The first kappa shape index (κ1) is 9.85. The minimum Gasteiger partial charge on any atom is -0.277 e.